The van der Waals surface area contributed by atoms with Gasteiger partial charge in [-0.1, -0.05) is 155 Å². The third kappa shape index (κ3) is 6.17. The highest BCUT2D eigenvalue weighted by Gasteiger charge is 2.42. The SMILES string of the molecule is CC1(C)c2cc(-c3ccc(N(c4ccccc4)c4ccccc4)cc3)ccc2-c2cc3c(cc21)C(C)(C)c1cc(-c2ccc(N(c4ccccc4)c4ccccc4)cc2)ccc1-3. The van der Waals surface area contributed by atoms with Gasteiger partial charge in [-0.2, -0.15) is 0 Å². The first-order valence-corrected chi connectivity index (χ1v) is 21.8. The molecule has 0 saturated heterocycles. The van der Waals surface area contributed by atoms with E-state index < -0.39 is 0 Å². The Hall–Kier alpha value is -7.42. The predicted molar refractivity (Wildman–Crippen MR) is 262 cm³/mol. The topological polar surface area (TPSA) is 6.48 Å². The molecule has 298 valence electrons. The molecule has 2 aliphatic rings. The van der Waals surface area contributed by atoms with E-state index in [2.05, 4.69) is 256 Å². The molecule has 9 aromatic carbocycles. The number of nitrogens with zero attached hydrogens (tertiary/aromatic N) is 2. The first kappa shape index (κ1) is 37.6. The molecular weight excluding hydrogens is 749 g/mol. The predicted octanol–water partition coefficient (Wildman–Crippen LogP) is 16.6. The van der Waals surface area contributed by atoms with Crippen LogP contribution in [0.15, 0.2) is 218 Å². The van der Waals surface area contributed by atoms with Crippen LogP contribution in [0.1, 0.15) is 49.9 Å². The molecule has 0 fully saturated rings. The van der Waals surface area contributed by atoms with Crippen LogP contribution in [0.3, 0.4) is 0 Å². The number of fused-ring (bicyclic) bond motifs is 6. The van der Waals surface area contributed by atoms with Gasteiger partial charge < -0.3 is 9.80 Å². The molecule has 11 rings (SSSR count). The first-order chi connectivity index (χ1) is 30.3. The van der Waals surface area contributed by atoms with E-state index in [0.29, 0.717) is 0 Å². The fourth-order valence-electron chi connectivity index (χ4n) is 10.1. The van der Waals surface area contributed by atoms with Crippen molar-refractivity contribution in [2.75, 3.05) is 9.80 Å². The summed E-state index contributed by atoms with van der Waals surface area (Å²) in [5, 5.41) is 0. The average molecular weight is 797 g/mol. The van der Waals surface area contributed by atoms with Crippen LogP contribution in [0.5, 0.6) is 0 Å². The molecule has 0 amide bonds. The van der Waals surface area contributed by atoms with Gasteiger partial charge in [0.2, 0.25) is 0 Å². The van der Waals surface area contributed by atoms with E-state index in [1.165, 1.54) is 66.8 Å². The summed E-state index contributed by atoms with van der Waals surface area (Å²) in [6, 6.07) is 79.8. The van der Waals surface area contributed by atoms with Gasteiger partial charge in [-0.25, -0.2) is 0 Å². The Morgan fingerprint density at radius 3 is 0.839 bits per heavy atom. The second kappa shape index (κ2) is 14.6. The summed E-state index contributed by atoms with van der Waals surface area (Å²) in [5.74, 6) is 0. The molecule has 0 spiro atoms. The minimum absolute atomic E-state index is 0.141. The Bertz CT molecular complexity index is 2790. The number of hydrogen-bond acceptors (Lipinski definition) is 2. The smallest absolute Gasteiger partial charge is 0.0462 e. The van der Waals surface area contributed by atoms with Crippen molar-refractivity contribution in [3.63, 3.8) is 0 Å². The molecule has 0 unspecified atom stereocenters. The number of hydrogen-bond donors (Lipinski definition) is 0. The highest BCUT2D eigenvalue weighted by atomic mass is 15.1. The minimum Gasteiger partial charge on any atom is -0.311 e. The Morgan fingerprint density at radius 1 is 0.242 bits per heavy atom. The molecule has 0 saturated carbocycles. The molecule has 62 heavy (non-hydrogen) atoms. The van der Waals surface area contributed by atoms with Crippen molar-refractivity contribution in [3.05, 3.63) is 241 Å². The van der Waals surface area contributed by atoms with Crippen molar-refractivity contribution < 1.29 is 0 Å². The maximum atomic E-state index is 2.54. The molecule has 0 N–H and O–H groups in total. The van der Waals surface area contributed by atoms with Crippen LogP contribution >= 0.6 is 0 Å². The van der Waals surface area contributed by atoms with Crippen LogP contribution in [0.4, 0.5) is 34.1 Å². The highest BCUT2D eigenvalue weighted by Crippen LogP contribution is 2.57. The monoisotopic (exact) mass is 796 g/mol. The summed E-state index contributed by atoms with van der Waals surface area (Å²) in [7, 11) is 0. The quantitative estimate of drug-likeness (QED) is 0.151. The van der Waals surface area contributed by atoms with Crippen LogP contribution in [-0.2, 0) is 10.8 Å². The summed E-state index contributed by atoms with van der Waals surface area (Å²) < 4.78 is 0. The van der Waals surface area contributed by atoms with Crippen molar-refractivity contribution in [1.29, 1.82) is 0 Å². The van der Waals surface area contributed by atoms with Gasteiger partial charge in [-0.05, 0) is 158 Å². The van der Waals surface area contributed by atoms with Crippen molar-refractivity contribution in [2.24, 2.45) is 0 Å². The van der Waals surface area contributed by atoms with Crippen LogP contribution in [-0.4, -0.2) is 0 Å². The number of benzene rings is 9. The normalized spacial score (nSPS) is 13.7. The Kier molecular flexibility index (Phi) is 8.87. The second-order valence-electron chi connectivity index (χ2n) is 17.8. The fourth-order valence-corrected chi connectivity index (χ4v) is 10.1. The Balaban J connectivity index is 0.905. The molecule has 0 aliphatic heterocycles. The van der Waals surface area contributed by atoms with Gasteiger partial charge in [0.1, 0.15) is 0 Å². The van der Waals surface area contributed by atoms with Crippen molar-refractivity contribution in [1.82, 2.24) is 0 Å². The van der Waals surface area contributed by atoms with E-state index in [4.69, 9.17) is 0 Å². The molecular formula is C60H48N2. The lowest BCUT2D eigenvalue weighted by atomic mass is 9.77. The van der Waals surface area contributed by atoms with Gasteiger partial charge in [0.15, 0.2) is 0 Å². The number of para-hydroxylation sites is 4. The van der Waals surface area contributed by atoms with E-state index in [1.54, 1.807) is 0 Å². The van der Waals surface area contributed by atoms with E-state index in [9.17, 15) is 0 Å². The van der Waals surface area contributed by atoms with E-state index >= 15 is 0 Å². The first-order valence-electron chi connectivity index (χ1n) is 21.8. The van der Waals surface area contributed by atoms with Gasteiger partial charge >= 0.3 is 0 Å². The lowest BCUT2D eigenvalue weighted by Gasteiger charge is -2.26. The molecule has 0 atom stereocenters. The van der Waals surface area contributed by atoms with Gasteiger partial charge in [0, 0.05) is 45.0 Å². The van der Waals surface area contributed by atoms with E-state index in [-0.39, 0.29) is 10.8 Å². The average Bonchev–Trinajstić information content (AvgIpc) is 3.68. The zero-order valence-corrected chi connectivity index (χ0v) is 35.7. The van der Waals surface area contributed by atoms with Crippen LogP contribution in [0.25, 0.3) is 44.5 Å². The lowest BCUT2D eigenvalue weighted by molar-refractivity contribution is 0.639. The largest absolute Gasteiger partial charge is 0.311 e. The van der Waals surface area contributed by atoms with Crippen LogP contribution in [0, 0.1) is 0 Å². The second-order valence-corrected chi connectivity index (χ2v) is 17.8. The minimum atomic E-state index is -0.141. The number of anilines is 6. The third-order valence-electron chi connectivity index (χ3n) is 13.4. The van der Waals surface area contributed by atoms with E-state index in [1.807, 2.05) is 0 Å². The zero-order valence-electron chi connectivity index (χ0n) is 35.7. The summed E-state index contributed by atoms with van der Waals surface area (Å²) in [4.78, 5) is 4.63. The summed E-state index contributed by atoms with van der Waals surface area (Å²) in [6.45, 7) is 9.62. The molecule has 0 bridgehead atoms. The highest BCUT2D eigenvalue weighted by molar-refractivity contribution is 5.92. The van der Waals surface area contributed by atoms with Crippen molar-refractivity contribution in [2.45, 2.75) is 38.5 Å². The van der Waals surface area contributed by atoms with Gasteiger partial charge in [0.05, 0.1) is 0 Å². The van der Waals surface area contributed by atoms with Gasteiger partial charge in [0.25, 0.3) is 0 Å². The summed E-state index contributed by atoms with van der Waals surface area (Å²) >= 11 is 0. The van der Waals surface area contributed by atoms with Gasteiger partial charge in [-0.15, -0.1) is 0 Å². The maximum Gasteiger partial charge on any atom is 0.0462 e. The van der Waals surface area contributed by atoms with Crippen molar-refractivity contribution in [3.8, 4) is 44.5 Å². The third-order valence-corrected chi connectivity index (χ3v) is 13.4. The molecule has 0 heterocycles. The Morgan fingerprint density at radius 2 is 0.516 bits per heavy atom. The van der Waals surface area contributed by atoms with Crippen LogP contribution < -0.4 is 9.80 Å². The molecule has 0 radical (unpaired) electrons. The Labute approximate surface area is 366 Å². The lowest BCUT2D eigenvalue weighted by Crippen LogP contribution is -2.19. The summed E-state index contributed by atoms with van der Waals surface area (Å²) in [6.07, 6.45) is 0. The molecule has 2 heteroatoms. The van der Waals surface area contributed by atoms with Crippen molar-refractivity contribution >= 4 is 34.1 Å². The molecule has 0 aromatic heterocycles. The van der Waals surface area contributed by atoms with Gasteiger partial charge in [-0.3, -0.25) is 0 Å². The molecule has 9 aromatic rings. The summed E-state index contributed by atoms with van der Waals surface area (Å²) in [5.41, 5.74) is 22.5. The zero-order chi connectivity index (χ0) is 42.0. The maximum absolute atomic E-state index is 2.54. The standard InChI is InChI=1S/C60H48N2/c1-59(2)55-37-43(41-25-31-49(32-26-41)61(45-17-9-5-10-18-45)46-19-11-6-12-20-46)29-35-51(55)53-39-54-52-36-30-44(38-56(52)60(3,4)58(54)40-57(53)59)42-27-33-50(34-28-42)62(47-21-13-7-14-22-47)48-23-15-8-16-24-48/h5-40H,1-4H3. The fraction of sp³-hybridized carbons (Fsp3) is 0.100. The van der Waals surface area contributed by atoms with E-state index in [0.717, 1.165) is 34.1 Å². The number of rotatable bonds is 8. The van der Waals surface area contributed by atoms with Crippen LogP contribution in [0.2, 0.25) is 0 Å². The molecule has 2 nitrogen and oxygen atoms in total. The molecule has 2 aliphatic carbocycles.